The van der Waals surface area contributed by atoms with E-state index in [1.165, 1.54) is 25.1 Å². The van der Waals surface area contributed by atoms with Crippen molar-refractivity contribution in [1.29, 1.82) is 0 Å². The molecule has 1 amide bonds. The van der Waals surface area contributed by atoms with Gasteiger partial charge >= 0.3 is 0 Å². The van der Waals surface area contributed by atoms with Gasteiger partial charge in [-0.15, -0.1) is 0 Å². The first kappa shape index (κ1) is 14.0. The van der Waals surface area contributed by atoms with E-state index in [-0.39, 0.29) is 18.1 Å². The molecule has 0 radical (unpaired) electrons. The Balaban J connectivity index is 2.17. The second-order valence-electron chi connectivity index (χ2n) is 4.29. The second-order valence-corrected chi connectivity index (χ2v) is 4.29. The van der Waals surface area contributed by atoms with Crippen LogP contribution in [0.2, 0.25) is 0 Å². The number of amides is 1. The minimum Gasteiger partial charge on any atom is -0.376 e. The van der Waals surface area contributed by atoms with Crippen LogP contribution in [-0.2, 0) is 11.3 Å². The van der Waals surface area contributed by atoms with Crippen LogP contribution in [0.25, 0.3) is 0 Å². The molecule has 0 atom stereocenters. The highest BCUT2D eigenvalue weighted by molar-refractivity contribution is 5.89. The van der Waals surface area contributed by atoms with E-state index in [0.29, 0.717) is 5.69 Å². The smallest absolute Gasteiger partial charge is 0.221 e. The number of benzene rings is 2. The molecule has 0 aliphatic rings. The molecule has 0 aliphatic carbocycles. The topological polar surface area (TPSA) is 41.1 Å². The summed E-state index contributed by atoms with van der Waals surface area (Å²) in [5, 5.41) is 5.38. The van der Waals surface area contributed by atoms with Crippen molar-refractivity contribution in [2.24, 2.45) is 0 Å². The van der Waals surface area contributed by atoms with Gasteiger partial charge in [-0.1, -0.05) is 24.3 Å². The molecule has 5 heteroatoms. The van der Waals surface area contributed by atoms with Crippen molar-refractivity contribution < 1.29 is 13.6 Å². The monoisotopic (exact) mass is 276 g/mol. The highest BCUT2D eigenvalue weighted by atomic mass is 19.1. The normalized spacial score (nSPS) is 10.2. The molecular weight excluding hydrogens is 262 g/mol. The number of carbonyl (C=O) groups is 1. The molecule has 0 aliphatic heterocycles. The average Bonchev–Trinajstić information content (AvgIpc) is 2.39. The first-order valence-electron chi connectivity index (χ1n) is 6.11. The van der Waals surface area contributed by atoms with E-state index in [9.17, 15) is 13.6 Å². The van der Waals surface area contributed by atoms with Crippen LogP contribution in [0.5, 0.6) is 0 Å². The van der Waals surface area contributed by atoms with Crippen LogP contribution in [0, 0.1) is 11.6 Å². The number of rotatable bonds is 4. The SMILES string of the molecule is CC(=O)Nc1ccccc1CNc1c(F)cccc1F. The minimum absolute atomic E-state index is 0.176. The summed E-state index contributed by atoms with van der Waals surface area (Å²) in [5.74, 6) is -1.50. The maximum atomic E-state index is 13.5. The van der Waals surface area contributed by atoms with Crippen molar-refractivity contribution in [3.05, 3.63) is 59.7 Å². The maximum absolute atomic E-state index is 13.5. The minimum atomic E-state index is -0.651. The van der Waals surface area contributed by atoms with Gasteiger partial charge in [-0.2, -0.15) is 0 Å². The van der Waals surface area contributed by atoms with Gasteiger partial charge in [0, 0.05) is 19.2 Å². The third-order valence-electron chi connectivity index (χ3n) is 2.75. The van der Waals surface area contributed by atoms with E-state index in [1.54, 1.807) is 24.3 Å². The maximum Gasteiger partial charge on any atom is 0.221 e. The number of hydrogen-bond donors (Lipinski definition) is 2. The summed E-state index contributed by atoms with van der Waals surface area (Å²) in [6, 6.07) is 10.8. The summed E-state index contributed by atoms with van der Waals surface area (Å²) in [6.45, 7) is 1.61. The third kappa shape index (κ3) is 3.32. The van der Waals surface area contributed by atoms with Crippen molar-refractivity contribution in [3.8, 4) is 0 Å². The quantitative estimate of drug-likeness (QED) is 0.896. The van der Waals surface area contributed by atoms with Gasteiger partial charge < -0.3 is 10.6 Å². The Morgan fingerprint density at radius 2 is 1.70 bits per heavy atom. The molecule has 0 fully saturated rings. The van der Waals surface area contributed by atoms with Crippen LogP contribution in [0.3, 0.4) is 0 Å². The van der Waals surface area contributed by atoms with Crippen molar-refractivity contribution in [1.82, 2.24) is 0 Å². The molecule has 0 bridgehead atoms. The second kappa shape index (κ2) is 6.14. The first-order chi connectivity index (χ1) is 9.58. The van der Waals surface area contributed by atoms with E-state index in [0.717, 1.165) is 5.56 Å². The standard InChI is InChI=1S/C15H14F2N2O/c1-10(20)19-14-8-3-2-5-11(14)9-18-15-12(16)6-4-7-13(15)17/h2-8,18H,9H2,1H3,(H,19,20). The summed E-state index contributed by atoms with van der Waals surface area (Å²) in [4.78, 5) is 11.1. The lowest BCUT2D eigenvalue weighted by atomic mass is 10.1. The molecule has 2 aromatic carbocycles. The number of hydrogen-bond acceptors (Lipinski definition) is 2. The predicted molar refractivity (Wildman–Crippen MR) is 74.4 cm³/mol. The van der Waals surface area contributed by atoms with Crippen molar-refractivity contribution in [3.63, 3.8) is 0 Å². The molecule has 3 nitrogen and oxygen atoms in total. The molecule has 0 heterocycles. The lowest BCUT2D eigenvalue weighted by Crippen LogP contribution is -2.10. The Morgan fingerprint density at radius 1 is 1.05 bits per heavy atom. The molecule has 0 saturated carbocycles. The Kier molecular flexibility index (Phi) is 4.30. The highest BCUT2D eigenvalue weighted by Gasteiger charge is 2.09. The van der Waals surface area contributed by atoms with Crippen LogP contribution in [-0.4, -0.2) is 5.91 Å². The van der Waals surface area contributed by atoms with E-state index >= 15 is 0 Å². The zero-order valence-corrected chi connectivity index (χ0v) is 10.9. The highest BCUT2D eigenvalue weighted by Crippen LogP contribution is 2.21. The summed E-state index contributed by atoms with van der Waals surface area (Å²) in [7, 11) is 0. The van der Waals surface area contributed by atoms with Crippen molar-refractivity contribution in [2.45, 2.75) is 13.5 Å². The lowest BCUT2D eigenvalue weighted by Gasteiger charge is -2.12. The van der Waals surface area contributed by atoms with E-state index in [1.807, 2.05) is 0 Å². The van der Waals surface area contributed by atoms with Gasteiger partial charge in [-0.05, 0) is 23.8 Å². The van der Waals surface area contributed by atoms with Gasteiger partial charge in [0.15, 0.2) is 0 Å². The number of halogens is 2. The molecule has 2 N–H and O–H groups in total. The van der Waals surface area contributed by atoms with Crippen LogP contribution >= 0.6 is 0 Å². The Morgan fingerprint density at radius 3 is 2.35 bits per heavy atom. The molecule has 2 aromatic rings. The fourth-order valence-corrected chi connectivity index (χ4v) is 1.84. The van der Waals surface area contributed by atoms with Gasteiger partial charge in [0.1, 0.15) is 17.3 Å². The molecule has 0 spiro atoms. The Bertz CT molecular complexity index is 609. The van der Waals surface area contributed by atoms with E-state index in [4.69, 9.17) is 0 Å². The number of carbonyl (C=O) groups excluding carboxylic acids is 1. The van der Waals surface area contributed by atoms with Crippen molar-refractivity contribution >= 4 is 17.3 Å². The Hall–Kier alpha value is -2.43. The summed E-state index contributed by atoms with van der Waals surface area (Å²) in [5.41, 5.74) is 1.18. The summed E-state index contributed by atoms with van der Waals surface area (Å²) in [6.07, 6.45) is 0. The van der Waals surface area contributed by atoms with E-state index in [2.05, 4.69) is 10.6 Å². The van der Waals surface area contributed by atoms with Crippen LogP contribution < -0.4 is 10.6 Å². The molecule has 0 unspecified atom stereocenters. The van der Waals surface area contributed by atoms with Gasteiger partial charge in [-0.3, -0.25) is 4.79 Å². The lowest BCUT2D eigenvalue weighted by molar-refractivity contribution is -0.114. The number of nitrogens with one attached hydrogen (secondary N) is 2. The first-order valence-corrected chi connectivity index (χ1v) is 6.11. The third-order valence-corrected chi connectivity index (χ3v) is 2.75. The zero-order valence-electron chi connectivity index (χ0n) is 10.9. The number of anilines is 2. The fraction of sp³-hybridized carbons (Fsp3) is 0.133. The van der Waals surface area contributed by atoms with Crippen LogP contribution in [0.1, 0.15) is 12.5 Å². The van der Waals surface area contributed by atoms with E-state index < -0.39 is 11.6 Å². The summed E-state index contributed by atoms with van der Waals surface area (Å²) < 4.78 is 27.0. The van der Waals surface area contributed by atoms with Gasteiger partial charge in [0.25, 0.3) is 0 Å². The Labute approximate surface area is 115 Å². The molecule has 20 heavy (non-hydrogen) atoms. The fourth-order valence-electron chi connectivity index (χ4n) is 1.84. The zero-order chi connectivity index (χ0) is 14.5. The van der Waals surface area contributed by atoms with Crippen LogP contribution in [0.15, 0.2) is 42.5 Å². The number of para-hydroxylation sites is 2. The van der Waals surface area contributed by atoms with Gasteiger partial charge in [0.05, 0.1) is 0 Å². The molecular formula is C15H14F2N2O. The molecule has 2 rings (SSSR count). The summed E-state index contributed by atoms with van der Waals surface area (Å²) >= 11 is 0. The molecule has 104 valence electrons. The molecule has 0 saturated heterocycles. The van der Waals surface area contributed by atoms with Crippen LogP contribution in [0.4, 0.5) is 20.2 Å². The largest absolute Gasteiger partial charge is 0.376 e. The average molecular weight is 276 g/mol. The van der Waals surface area contributed by atoms with Crippen molar-refractivity contribution in [2.75, 3.05) is 10.6 Å². The van der Waals surface area contributed by atoms with Gasteiger partial charge in [-0.25, -0.2) is 8.78 Å². The van der Waals surface area contributed by atoms with Gasteiger partial charge in [0.2, 0.25) is 5.91 Å². The molecule has 0 aromatic heterocycles. The predicted octanol–water partition coefficient (Wildman–Crippen LogP) is 3.54.